The van der Waals surface area contributed by atoms with E-state index >= 15 is 0 Å². The third-order valence-corrected chi connectivity index (χ3v) is 3.42. The lowest BCUT2D eigenvalue weighted by molar-refractivity contribution is -0.139. The molecule has 15 heavy (non-hydrogen) atoms. The quantitative estimate of drug-likeness (QED) is 0.752. The van der Waals surface area contributed by atoms with Crippen LogP contribution in [0.3, 0.4) is 0 Å². The van der Waals surface area contributed by atoms with E-state index in [0.717, 1.165) is 5.56 Å². The van der Waals surface area contributed by atoms with Crippen LogP contribution in [0.1, 0.15) is 12.0 Å². The zero-order valence-corrected chi connectivity index (χ0v) is 8.87. The van der Waals surface area contributed by atoms with Gasteiger partial charge in [-0.1, -0.05) is 30.3 Å². The Hall–Kier alpha value is -1.06. The van der Waals surface area contributed by atoms with Gasteiger partial charge in [0.2, 0.25) is 0 Å². The second kappa shape index (κ2) is 3.83. The third kappa shape index (κ3) is 1.73. The third-order valence-electron chi connectivity index (χ3n) is 2.80. The Bertz CT molecular complexity index is 368. The van der Waals surface area contributed by atoms with Gasteiger partial charge in [-0.15, -0.1) is 11.6 Å². The average Bonchev–Trinajstić information content (AvgIpc) is 2.63. The number of benzene rings is 1. The summed E-state index contributed by atoms with van der Waals surface area (Å²) < 4.78 is 0. The van der Waals surface area contributed by atoms with E-state index < -0.39 is 16.9 Å². The summed E-state index contributed by atoms with van der Waals surface area (Å²) in [5.74, 6) is -0.897. The fourth-order valence-electron chi connectivity index (χ4n) is 2.01. The number of halogens is 1. The number of hydrogen-bond acceptors (Lipinski definition) is 2. The number of carboxylic acids is 1. The first kappa shape index (κ1) is 10.5. The van der Waals surface area contributed by atoms with Gasteiger partial charge in [0.15, 0.2) is 0 Å². The molecule has 1 unspecified atom stereocenters. The van der Waals surface area contributed by atoms with Crippen molar-refractivity contribution in [3.8, 4) is 0 Å². The molecule has 0 aliphatic carbocycles. The predicted octanol–water partition coefficient (Wildman–Crippen LogP) is 1.57. The van der Waals surface area contributed by atoms with E-state index in [1.165, 1.54) is 0 Å². The van der Waals surface area contributed by atoms with Gasteiger partial charge in [-0.05, 0) is 18.5 Å². The Morgan fingerprint density at radius 2 is 2.13 bits per heavy atom. The molecule has 1 saturated heterocycles. The summed E-state index contributed by atoms with van der Waals surface area (Å²) in [5, 5.41) is 12.0. The first-order valence-corrected chi connectivity index (χ1v) is 5.23. The number of hydrogen-bond donors (Lipinski definition) is 2. The lowest BCUT2D eigenvalue weighted by Crippen LogP contribution is -2.42. The van der Waals surface area contributed by atoms with Crippen LogP contribution in [0.15, 0.2) is 30.3 Å². The molecule has 1 aromatic rings. The summed E-state index contributed by atoms with van der Waals surface area (Å²) in [6, 6.07) is 8.67. The van der Waals surface area contributed by atoms with Gasteiger partial charge in [0, 0.05) is 0 Å². The molecule has 1 heterocycles. The molecule has 80 valence electrons. The molecular weight excluding hydrogens is 214 g/mol. The van der Waals surface area contributed by atoms with Crippen molar-refractivity contribution in [1.29, 1.82) is 0 Å². The number of nitrogens with one attached hydrogen (secondary N) is 1. The maximum absolute atomic E-state index is 11.0. The predicted molar refractivity (Wildman–Crippen MR) is 58.0 cm³/mol. The molecule has 1 aromatic carbocycles. The molecule has 3 nitrogen and oxygen atoms in total. The molecule has 0 amide bonds. The first-order valence-electron chi connectivity index (χ1n) is 4.85. The van der Waals surface area contributed by atoms with Gasteiger partial charge in [-0.25, -0.2) is 0 Å². The maximum Gasteiger partial charge on any atom is 0.322 e. The van der Waals surface area contributed by atoms with Crippen molar-refractivity contribution in [2.45, 2.75) is 17.3 Å². The SMILES string of the molecule is O=C(O)[C@H]1NCCC1(Cl)c1ccccc1. The second-order valence-corrected chi connectivity index (χ2v) is 4.38. The highest BCUT2D eigenvalue weighted by Gasteiger charge is 2.46. The van der Waals surface area contributed by atoms with Crippen molar-refractivity contribution in [1.82, 2.24) is 5.32 Å². The van der Waals surface area contributed by atoms with Crippen LogP contribution < -0.4 is 5.32 Å². The maximum atomic E-state index is 11.0. The summed E-state index contributed by atoms with van der Waals surface area (Å²) >= 11 is 6.41. The molecule has 1 fully saturated rings. The van der Waals surface area contributed by atoms with Gasteiger partial charge in [0.25, 0.3) is 0 Å². The lowest BCUT2D eigenvalue weighted by atomic mass is 9.91. The summed E-state index contributed by atoms with van der Waals surface area (Å²) in [5.41, 5.74) is 0.865. The van der Waals surface area contributed by atoms with Crippen LogP contribution in [-0.4, -0.2) is 23.7 Å². The van der Waals surface area contributed by atoms with Crippen LogP contribution in [0, 0.1) is 0 Å². The smallest absolute Gasteiger partial charge is 0.322 e. The van der Waals surface area contributed by atoms with Gasteiger partial charge in [-0.3, -0.25) is 4.79 Å². The monoisotopic (exact) mass is 225 g/mol. The minimum Gasteiger partial charge on any atom is -0.480 e. The van der Waals surface area contributed by atoms with Crippen molar-refractivity contribution in [3.05, 3.63) is 35.9 Å². The summed E-state index contributed by atoms with van der Waals surface area (Å²) in [6.45, 7) is 0.634. The van der Waals surface area contributed by atoms with Crippen molar-refractivity contribution >= 4 is 17.6 Å². The zero-order chi connectivity index (χ0) is 10.9. The minimum absolute atomic E-state index is 0.634. The number of aliphatic carboxylic acids is 1. The van der Waals surface area contributed by atoms with Crippen molar-refractivity contribution in [3.63, 3.8) is 0 Å². The second-order valence-electron chi connectivity index (χ2n) is 3.70. The van der Waals surface area contributed by atoms with Gasteiger partial charge < -0.3 is 10.4 Å². The first-order chi connectivity index (χ1) is 7.14. The molecule has 2 rings (SSSR count). The molecule has 0 spiro atoms. The molecule has 0 radical (unpaired) electrons. The molecule has 1 aliphatic rings. The molecule has 0 bridgehead atoms. The molecule has 0 saturated carbocycles. The van der Waals surface area contributed by atoms with Crippen molar-refractivity contribution in [2.24, 2.45) is 0 Å². The van der Waals surface area contributed by atoms with Gasteiger partial charge in [0.05, 0.1) is 4.87 Å². The van der Waals surface area contributed by atoms with Crippen LogP contribution in [-0.2, 0) is 9.67 Å². The van der Waals surface area contributed by atoms with Gasteiger partial charge >= 0.3 is 5.97 Å². The van der Waals surface area contributed by atoms with Crippen molar-refractivity contribution < 1.29 is 9.90 Å². The Morgan fingerprint density at radius 3 is 2.73 bits per heavy atom. The van der Waals surface area contributed by atoms with E-state index in [9.17, 15) is 4.79 Å². The highest BCUT2D eigenvalue weighted by atomic mass is 35.5. The molecule has 0 aromatic heterocycles. The Morgan fingerprint density at radius 1 is 1.47 bits per heavy atom. The molecular formula is C11H12ClNO2. The van der Waals surface area contributed by atoms with E-state index in [4.69, 9.17) is 16.7 Å². The van der Waals surface area contributed by atoms with Crippen LogP contribution in [0.4, 0.5) is 0 Å². The Balaban J connectivity index is 2.37. The summed E-state index contributed by atoms with van der Waals surface area (Å²) in [6.07, 6.45) is 0.634. The Labute approximate surface area is 93.1 Å². The lowest BCUT2D eigenvalue weighted by Gasteiger charge is -2.26. The van der Waals surface area contributed by atoms with Crippen LogP contribution in [0.5, 0.6) is 0 Å². The Kier molecular flexibility index (Phi) is 2.67. The number of carbonyl (C=O) groups is 1. The van der Waals surface area contributed by atoms with E-state index in [1.807, 2.05) is 30.3 Å². The summed E-state index contributed by atoms with van der Waals surface area (Å²) in [4.78, 5) is 10.2. The van der Waals surface area contributed by atoms with Crippen LogP contribution in [0.2, 0.25) is 0 Å². The topological polar surface area (TPSA) is 49.3 Å². The average molecular weight is 226 g/mol. The number of carboxylic acid groups (broad SMARTS) is 1. The highest BCUT2D eigenvalue weighted by Crippen LogP contribution is 2.39. The fraction of sp³-hybridized carbons (Fsp3) is 0.364. The normalized spacial score (nSPS) is 30.3. The van der Waals surface area contributed by atoms with E-state index in [0.29, 0.717) is 13.0 Å². The van der Waals surface area contributed by atoms with Crippen LogP contribution in [0.25, 0.3) is 0 Å². The van der Waals surface area contributed by atoms with E-state index in [1.54, 1.807) is 0 Å². The zero-order valence-electron chi connectivity index (χ0n) is 8.11. The molecule has 2 atom stereocenters. The van der Waals surface area contributed by atoms with Gasteiger partial charge in [0.1, 0.15) is 6.04 Å². The molecule has 4 heteroatoms. The summed E-state index contributed by atoms with van der Waals surface area (Å²) in [7, 11) is 0. The van der Waals surface area contributed by atoms with E-state index in [2.05, 4.69) is 5.32 Å². The molecule has 2 N–H and O–H groups in total. The largest absolute Gasteiger partial charge is 0.480 e. The van der Waals surface area contributed by atoms with E-state index in [-0.39, 0.29) is 0 Å². The molecule has 1 aliphatic heterocycles. The van der Waals surface area contributed by atoms with Gasteiger partial charge in [-0.2, -0.15) is 0 Å². The standard InChI is InChI=1S/C11H12ClNO2/c12-11(8-4-2-1-3-5-8)6-7-13-9(11)10(14)15/h1-5,9,13H,6-7H2,(H,14,15)/t9-,11?/m1/s1. The van der Waals surface area contributed by atoms with Crippen molar-refractivity contribution in [2.75, 3.05) is 6.54 Å². The van der Waals surface area contributed by atoms with Crippen LogP contribution >= 0.6 is 11.6 Å². The highest BCUT2D eigenvalue weighted by molar-refractivity contribution is 6.26. The number of alkyl halides is 1. The fourth-order valence-corrected chi connectivity index (χ4v) is 2.40. The number of rotatable bonds is 2. The minimum atomic E-state index is -0.897.